The van der Waals surface area contributed by atoms with E-state index in [1.165, 1.54) is 0 Å². The van der Waals surface area contributed by atoms with Gasteiger partial charge in [-0.1, -0.05) is 11.6 Å². The number of aliphatic hydroxyl groups is 1. The van der Waals surface area contributed by atoms with Crippen molar-refractivity contribution in [1.82, 2.24) is 9.88 Å². The lowest BCUT2D eigenvalue weighted by Gasteiger charge is -2.32. The highest BCUT2D eigenvalue weighted by atomic mass is 35.5. The summed E-state index contributed by atoms with van der Waals surface area (Å²) in [6.07, 6.45) is 5.17. The van der Waals surface area contributed by atoms with Gasteiger partial charge in [0.15, 0.2) is 0 Å². The average Bonchev–Trinajstić information content (AvgIpc) is 2.50. The van der Waals surface area contributed by atoms with Crippen LogP contribution in [0.25, 0.3) is 0 Å². The van der Waals surface area contributed by atoms with E-state index in [-0.39, 0.29) is 24.5 Å². The van der Waals surface area contributed by atoms with Gasteiger partial charge in [0.2, 0.25) is 5.88 Å². The van der Waals surface area contributed by atoms with Crippen LogP contribution in [0.2, 0.25) is 5.15 Å². The normalized spacial score (nSPS) is 22.3. The zero-order chi connectivity index (χ0) is 15.5. The van der Waals surface area contributed by atoms with Crippen LogP contribution in [0.4, 0.5) is 0 Å². The molecule has 2 fully saturated rings. The number of aromatic nitrogens is 1. The van der Waals surface area contributed by atoms with Crippen LogP contribution in [-0.4, -0.2) is 46.7 Å². The molecule has 1 aromatic heterocycles. The number of pyridine rings is 1. The van der Waals surface area contributed by atoms with Crippen molar-refractivity contribution in [2.45, 2.75) is 38.2 Å². The van der Waals surface area contributed by atoms with Crippen LogP contribution in [0.1, 0.15) is 42.5 Å². The second-order valence-electron chi connectivity index (χ2n) is 6.10. The van der Waals surface area contributed by atoms with Gasteiger partial charge >= 0.3 is 0 Å². The lowest BCUT2D eigenvalue weighted by atomic mass is 9.96. The van der Waals surface area contributed by atoms with E-state index in [4.69, 9.17) is 16.3 Å². The van der Waals surface area contributed by atoms with Crippen LogP contribution in [0.5, 0.6) is 5.88 Å². The SMILES string of the molecule is O=C(c1ccc(Cl)nc1OC1CCC1)N1CCC[C@H](CO)C1. The molecule has 1 amide bonds. The molecule has 1 saturated heterocycles. The maximum atomic E-state index is 12.8. The third kappa shape index (κ3) is 3.36. The molecule has 120 valence electrons. The van der Waals surface area contributed by atoms with Gasteiger partial charge in [-0.2, -0.15) is 0 Å². The molecule has 22 heavy (non-hydrogen) atoms. The molecule has 5 nitrogen and oxygen atoms in total. The van der Waals surface area contributed by atoms with Gasteiger partial charge in [-0.25, -0.2) is 4.98 Å². The summed E-state index contributed by atoms with van der Waals surface area (Å²) in [6, 6.07) is 3.31. The number of likely N-dealkylation sites (tertiary alicyclic amines) is 1. The van der Waals surface area contributed by atoms with E-state index in [1.54, 1.807) is 17.0 Å². The van der Waals surface area contributed by atoms with Gasteiger partial charge in [0, 0.05) is 19.7 Å². The van der Waals surface area contributed by atoms with Crippen molar-refractivity contribution in [3.05, 3.63) is 22.8 Å². The third-order valence-electron chi connectivity index (χ3n) is 4.45. The topological polar surface area (TPSA) is 62.7 Å². The van der Waals surface area contributed by atoms with E-state index in [1.807, 2.05) is 0 Å². The minimum Gasteiger partial charge on any atom is -0.474 e. The number of ether oxygens (including phenoxy) is 1. The standard InChI is InChI=1S/C16H21ClN2O3/c17-14-7-6-13(15(18-14)22-12-4-1-5-12)16(21)19-8-2-3-11(9-19)10-20/h6-7,11-12,20H,1-5,8-10H2/t11-/m0/s1. The number of nitrogens with zero attached hydrogens (tertiary/aromatic N) is 2. The number of halogens is 1. The fourth-order valence-electron chi connectivity index (χ4n) is 2.89. The summed E-state index contributed by atoms with van der Waals surface area (Å²) >= 11 is 5.95. The van der Waals surface area contributed by atoms with Crippen molar-refractivity contribution in [1.29, 1.82) is 0 Å². The zero-order valence-electron chi connectivity index (χ0n) is 12.5. The van der Waals surface area contributed by atoms with Gasteiger partial charge in [0.1, 0.15) is 16.8 Å². The molecule has 0 unspecified atom stereocenters. The first-order valence-electron chi connectivity index (χ1n) is 7.90. The van der Waals surface area contributed by atoms with E-state index >= 15 is 0 Å². The highest BCUT2D eigenvalue weighted by Crippen LogP contribution is 2.29. The largest absolute Gasteiger partial charge is 0.474 e. The number of hydrogen-bond acceptors (Lipinski definition) is 4. The quantitative estimate of drug-likeness (QED) is 0.864. The van der Waals surface area contributed by atoms with Crippen LogP contribution < -0.4 is 4.74 Å². The molecule has 1 aliphatic heterocycles. The highest BCUT2D eigenvalue weighted by Gasteiger charge is 2.28. The van der Waals surface area contributed by atoms with E-state index in [2.05, 4.69) is 4.98 Å². The van der Waals surface area contributed by atoms with Gasteiger partial charge in [-0.15, -0.1) is 0 Å². The lowest BCUT2D eigenvalue weighted by Crippen LogP contribution is -2.41. The molecule has 1 aliphatic carbocycles. The molecule has 0 bridgehead atoms. The van der Waals surface area contributed by atoms with E-state index in [0.717, 1.165) is 32.1 Å². The average molecular weight is 325 g/mol. The predicted molar refractivity (Wildman–Crippen MR) is 83.2 cm³/mol. The second-order valence-corrected chi connectivity index (χ2v) is 6.49. The summed E-state index contributed by atoms with van der Waals surface area (Å²) in [7, 11) is 0. The Labute approximate surface area is 135 Å². The van der Waals surface area contributed by atoms with E-state index in [9.17, 15) is 9.90 Å². The molecule has 2 aliphatic rings. The predicted octanol–water partition coefficient (Wildman–Crippen LogP) is 2.51. The van der Waals surface area contributed by atoms with Gasteiger partial charge in [0.05, 0.1) is 0 Å². The Bertz CT molecular complexity index is 548. The van der Waals surface area contributed by atoms with Crippen LogP contribution in [0.15, 0.2) is 12.1 Å². The first-order chi connectivity index (χ1) is 10.7. The molecule has 0 aromatic carbocycles. The molecule has 0 radical (unpaired) electrons. The van der Waals surface area contributed by atoms with Crippen LogP contribution in [0, 0.1) is 5.92 Å². The van der Waals surface area contributed by atoms with Gasteiger partial charge in [-0.3, -0.25) is 4.79 Å². The number of piperidine rings is 1. The number of rotatable bonds is 4. The Morgan fingerprint density at radius 2 is 2.18 bits per heavy atom. The molecule has 1 atom stereocenters. The van der Waals surface area contributed by atoms with E-state index < -0.39 is 0 Å². The Morgan fingerprint density at radius 1 is 1.36 bits per heavy atom. The van der Waals surface area contributed by atoms with Gasteiger partial charge in [-0.05, 0) is 50.2 Å². The Morgan fingerprint density at radius 3 is 2.86 bits per heavy atom. The second kappa shape index (κ2) is 6.84. The third-order valence-corrected chi connectivity index (χ3v) is 4.66. The molecule has 3 rings (SSSR count). The summed E-state index contributed by atoms with van der Waals surface area (Å²) in [6.45, 7) is 1.41. The van der Waals surface area contributed by atoms with Crippen molar-refractivity contribution >= 4 is 17.5 Å². The fourth-order valence-corrected chi connectivity index (χ4v) is 3.03. The minimum absolute atomic E-state index is 0.0864. The number of carbonyl (C=O) groups excluding carboxylic acids is 1. The molecular formula is C16H21ClN2O3. The number of aliphatic hydroxyl groups excluding tert-OH is 1. The number of carbonyl (C=O) groups is 1. The van der Waals surface area contributed by atoms with Crippen molar-refractivity contribution < 1.29 is 14.6 Å². The maximum Gasteiger partial charge on any atom is 0.259 e. The summed E-state index contributed by atoms with van der Waals surface area (Å²) in [4.78, 5) is 18.7. The smallest absolute Gasteiger partial charge is 0.259 e. The minimum atomic E-state index is -0.0864. The summed E-state index contributed by atoms with van der Waals surface area (Å²) in [5.74, 6) is 0.416. The number of amides is 1. The van der Waals surface area contributed by atoms with Crippen LogP contribution >= 0.6 is 11.6 Å². The van der Waals surface area contributed by atoms with Crippen molar-refractivity contribution in [3.8, 4) is 5.88 Å². The molecule has 1 N–H and O–H groups in total. The molecule has 2 heterocycles. The molecule has 1 saturated carbocycles. The Hall–Kier alpha value is -1.33. The Kier molecular flexibility index (Phi) is 4.84. The van der Waals surface area contributed by atoms with Gasteiger partial charge < -0.3 is 14.7 Å². The number of hydrogen-bond donors (Lipinski definition) is 1. The molecular weight excluding hydrogens is 304 g/mol. The Balaban J connectivity index is 1.78. The maximum absolute atomic E-state index is 12.8. The zero-order valence-corrected chi connectivity index (χ0v) is 13.3. The van der Waals surface area contributed by atoms with Crippen LogP contribution in [0.3, 0.4) is 0 Å². The lowest BCUT2D eigenvalue weighted by molar-refractivity contribution is 0.0604. The van der Waals surface area contributed by atoms with Crippen molar-refractivity contribution in [2.24, 2.45) is 5.92 Å². The summed E-state index contributed by atoms with van der Waals surface area (Å²) in [5, 5.41) is 9.65. The molecule has 0 spiro atoms. The van der Waals surface area contributed by atoms with Crippen LogP contribution in [-0.2, 0) is 0 Å². The summed E-state index contributed by atoms with van der Waals surface area (Å²) < 4.78 is 5.83. The first-order valence-corrected chi connectivity index (χ1v) is 8.28. The van der Waals surface area contributed by atoms with Crippen molar-refractivity contribution in [2.75, 3.05) is 19.7 Å². The molecule has 1 aromatic rings. The molecule has 6 heteroatoms. The van der Waals surface area contributed by atoms with Crippen molar-refractivity contribution in [3.63, 3.8) is 0 Å². The fraction of sp³-hybridized carbons (Fsp3) is 0.625. The highest BCUT2D eigenvalue weighted by molar-refractivity contribution is 6.29. The monoisotopic (exact) mass is 324 g/mol. The van der Waals surface area contributed by atoms with Gasteiger partial charge in [0.25, 0.3) is 5.91 Å². The summed E-state index contributed by atoms with van der Waals surface area (Å²) in [5.41, 5.74) is 0.467. The van der Waals surface area contributed by atoms with E-state index in [0.29, 0.717) is 29.7 Å². The first kappa shape index (κ1) is 15.6.